The quantitative estimate of drug-likeness (QED) is 0.313. The molecule has 1 N–H and O–H groups in total. The van der Waals surface area contributed by atoms with Crippen LogP contribution in [0.3, 0.4) is 0 Å². The van der Waals surface area contributed by atoms with Gasteiger partial charge in [0, 0.05) is 23.8 Å². The van der Waals surface area contributed by atoms with Crippen LogP contribution in [0.1, 0.15) is 11.1 Å². The van der Waals surface area contributed by atoms with Gasteiger partial charge in [0.1, 0.15) is 17.2 Å². The van der Waals surface area contributed by atoms with E-state index in [0.29, 0.717) is 22.6 Å². The van der Waals surface area contributed by atoms with Crippen LogP contribution in [-0.4, -0.2) is 37.6 Å². The van der Waals surface area contributed by atoms with Crippen LogP contribution in [0.4, 0.5) is 11.4 Å². The number of amides is 1. The van der Waals surface area contributed by atoms with E-state index in [-0.39, 0.29) is 11.4 Å². The summed E-state index contributed by atoms with van der Waals surface area (Å²) in [6.07, 6.45) is 2.62. The highest BCUT2D eigenvalue weighted by molar-refractivity contribution is 5.97. The van der Waals surface area contributed by atoms with Gasteiger partial charge < -0.3 is 19.5 Å². The lowest BCUT2D eigenvalue weighted by molar-refractivity contribution is -0.384. The maximum atomic E-state index is 12.0. The highest BCUT2D eigenvalue weighted by Crippen LogP contribution is 2.27. The fourth-order valence-corrected chi connectivity index (χ4v) is 2.44. The zero-order chi connectivity index (χ0) is 21.4. The number of rotatable bonds is 8. The number of para-hydroxylation sites is 1. The summed E-state index contributed by atoms with van der Waals surface area (Å²) in [6.45, 7) is 1.04. The van der Waals surface area contributed by atoms with Crippen molar-refractivity contribution >= 4 is 29.3 Å². The topological polar surface area (TPSA) is 117 Å². The van der Waals surface area contributed by atoms with Crippen LogP contribution in [0.2, 0.25) is 0 Å². The largest absolute Gasteiger partial charge is 0.497 e. The Morgan fingerprint density at radius 3 is 2.59 bits per heavy atom. The molecule has 0 atom stereocenters. The molecule has 2 aromatic rings. The van der Waals surface area contributed by atoms with Crippen molar-refractivity contribution in [3.63, 3.8) is 0 Å². The van der Waals surface area contributed by atoms with Crippen molar-refractivity contribution in [2.45, 2.75) is 6.92 Å². The molecule has 0 saturated heterocycles. The van der Waals surface area contributed by atoms with Gasteiger partial charge in [-0.05, 0) is 30.7 Å². The number of anilines is 1. The number of nitro benzene ring substituents is 1. The normalized spacial score (nSPS) is 10.4. The Kier molecular flexibility index (Phi) is 7.30. The zero-order valence-electron chi connectivity index (χ0n) is 16.1. The predicted octanol–water partition coefficient (Wildman–Crippen LogP) is 3.12. The molecule has 2 rings (SSSR count). The van der Waals surface area contributed by atoms with Gasteiger partial charge in [0.15, 0.2) is 6.61 Å². The van der Waals surface area contributed by atoms with Gasteiger partial charge in [-0.3, -0.25) is 14.9 Å². The SMILES string of the molecule is COc1ccc(/C=C/C(=O)OCC(=O)Nc2c(C)cccc2[N+](=O)[O-])c(OC)c1. The second-order valence-corrected chi connectivity index (χ2v) is 5.82. The maximum Gasteiger partial charge on any atom is 0.331 e. The van der Waals surface area contributed by atoms with Crippen LogP contribution in [0.5, 0.6) is 11.5 Å². The van der Waals surface area contributed by atoms with E-state index >= 15 is 0 Å². The molecule has 1 amide bonds. The van der Waals surface area contributed by atoms with Crippen molar-refractivity contribution in [1.82, 2.24) is 0 Å². The summed E-state index contributed by atoms with van der Waals surface area (Å²) in [6, 6.07) is 9.48. The lowest BCUT2D eigenvalue weighted by Gasteiger charge is -2.09. The van der Waals surface area contributed by atoms with Gasteiger partial charge in [-0.25, -0.2) is 4.79 Å². The van der Waals surface area contributed by atoms with Gasteiger partial charge in [-0.15, -0.1) is 0 Å². The maximum absolute atomic E-state index is 12.0. The first-order chi connectivity index (χ1) is 13.8. The molecule has 0 unspecified atom stereocenters. The van der Waals surface area contributed by atoms with Crippen molar-refractivity contribution in [2.24, 2.45) is 0 Å². The van der Waals surface area contributed by atoms with E-state index in [4.69, 9.17) is 14.2 Å². The molecule has 0 fully saturated rings. The molecular formula is C20H20N2O7. The lowest BCUT2D eigenvalue weighted by atomic mass is 10.1. The highest BCUT2D eigenvalue weighted by atomic mass is 16.6. The third-order valence-electron chi connectivity index (χ3n) is 3.90. The lowest BCUT2D eigenvalue weighted by Crippen LogP contribution is -2.21. The number of carbonyl (C=O) groups excluding carboxylic acids is 2. The summed E-state index contributed by atoms with van der Waals surface area (Å²) < 4.78 is 15.2. The van der Waals surface area contributed by atoms with Gasteiger partial charge in [-0.1, -0.05) is 12.1 Å². The van der Waals surface area contributed by atoms with Crippen LogP contribution >= 0.6 is 0 Å². The second-order valence-electron chi connectivity index (χ2n) is 5.82. The van der Waals surface area contributed by atoms with Gasteiger partial charge in [0.05, 0.1) is 19.1 Å². The molecule has 152 valence electrons. The molecule has 0 aliphatic carbocycles. The van der Waals surface area contributed by atoms with E-state index < -0.39 is 23.4 Å². The van der Waals surface area contributed by atoms with Crippen LogP contribution < -0.4 is 14.8 Å². The van der Waals surface area contributed by atoms with Crippen LogP contribution in [0.25, 0.3) is 6.08 Å². The number of benzene rings is 2. The predicted molar refractivity (Wildman–Crippen MR) is 106 cm³/mol. The van der Waals surface area contributed by atoms with Crippen molar-refractivity contribution in [3.05, 3.63) is 63.7 Å². The Hall–Kier alpha value is -3.88. The first kappa shape index (κ1) is 21.4. The van der Waals surface area contributed by atoms with Crippen molar-refractivity contribution < 1.29 is 28.7 Å². The van der Waals surface area contributed by atoms with E-state index in [1.165, 1.54) is 32.4 Å². The van der Waals surface area contributed by atoms with Gasteiger partial charge in [-0.2, -0.15) is 0 Å². The van der Waals surface area contributed by atoms with Crippen molar-refractivity contribution in [1.29, 1.82) is 0 Å². The number of nitrogens with one attached hydrogen (secondary N) is 1. The van der Waals surface area contributed by atoms with Crippen molar-refractivity contribution in [2.75, 3.05) is 26.1 Å². The Morgan fingerprint density at radius 1 is 1.17 bits per heavy atom. The molecule has 0 aromatic heterocycles. The average Bonchev–Trinajstić information content (AvgIpc) is 2.71. The molecule has 0 bridgehead atoms. The fourth-order valence-electron chi connectivity index (χ4n) is 2.44. The monoisotopic (exact) mass is 400 g/mol. The number of hydrogen-bond donors (Lipinski definition) is 1. The number of esters is 1. The Morgan fingerprint density at radius 2 is 1.93 bits per heavy atom. The number of ether oxygens (including phenoxy) is 3. The number of methoxy groups -OCH3 is 2. The molecule has 9 heteroatoms. The number of aryl methyl sites for hydroxylation is 1. The summed E-state index contributed by atoms with van der Waals surface area (Å²) in [5.41, 5.74) is 0.962. The van der Waals surface area contributed by atoms with Gasteiger partial charge in [0.2, 0.25) is 0 Å². The summed E-state index contributed by atoms with van der Waals surface area (Å²) in [5.74, 6) is -0.343. The molecule has 0 saturated carbocycles. The minimum absolute atomic E-state index is 0.0667. The molecule has 0 spiro atoms. The Bertz CT molecular complexity index is 954. The minimum atomic E-state index is -0.752. The number of nitro groups is 1. The standard InChI is InChI=1S/C20H20N2O7/c1-13-5-4-6-16(22(25)26)20(13)21-18(23)12-29-19(24)10-8-14-7-9-15(27-2)11-17(14)28-3/h4-11H,12H2,1-3H3,(H,21,23)/b10-8+. The highest BCUT2D eigenvalue weighted by Gasteiger charge is 2.18. The van der Waals surface area contributed by atoms with Gasteiger partial charge in [0.25, 0.3) is 11.6 Å². The first-order valence-electron chi connectivity index (χ1n) is 8.46. The molecular weight excluding hydrogens is 380 g/mol. The summed E-state index contributed by atoms with van der Waals surface area (Å²) in [7, 11) is 3.01. The van der Waals surface area contributed by atoms with Crippen LogP contribution in [0, 0.1) is 17.0 Å². The van der Waals surface area contributed by atoms with Crippen LogP contribution in [0.15, 0.2) is 42.5 Å². The van der Waals surface area contributed by atoms with Crippen molar-refractivity contribution in [3.8, 4) is 11.5 Å². The Balaban J connectivity index is 1.97. The average molecular weight is 400 g/mol. The van der Waals surface area contributed by atoms with Crippen LogP contribution in [-0.2, 0) is 14.3 Å². The summed E-state index contributed by atoms with van der Waals surface area (Å²) in [4.78, 5) is 34.4. The van der Waals surface area contributed by atoms with Gasteiger partial charge >= 0.3 is 5.97 Å². The van der Waals surface area contributed by atoms with E-state index in [1.807, 2.05) is 0 Å². The summed E-state index contributed by atoms with van der Waals surface area (Å²) in [5, 5.41) is 13.5. The summed E-state index contributed by atoms with van der Waals surface area (Å²) >= 11 is 0. The van der Waals surface area contributed by atoms with E-state index in [0.717, 1.165) is 6.08 Å². The fraction of sp³-hybridized carbons (Fsp3) is 0.200. The minimum Gasteiger partial charge on any atom is -0.497 e. The number of hydrogen-bond acceptors (Lipinski definition) is 7. The molecule has 0 heterocycles. The van der Waals surface area contributed by atoms with E-state index in [1.54, 1.807) is 31.2 Å². The van der Waals surface area contributed by atoms with E-state index in [9.17, 15) is 19.7 Å². The third kappa shape index (κ3) is 5.80. The molecule has 2 aromatic carbocycles. The first-order valence-corrected chi connectivity index (χ1v) is 8.46. The second kappa shape index (κ2) is 9.88. The number of nitrogens with zero attached hydrogens (tertiary/aromatic N) is 1. The third-order valence-corrected chi connectivity index (χ3v) is 3.90. The Labute approximate surface area is 167 Å². The number of carbonyl (C=O) groups is 2. The van der Waals surface area contributed by atoms with E-state index in [2.05, 4.69) is 5.32 Å². The molecule has 0 aliphatic rings. The molecule has 29 heavy (non-hydrogen) atoms. The molecule has 9 nitrogen and oxygen atoms in total. The zero-order valence-corrected chi connectivity index (χ0v) is 16.1. The molecule has 0 aliphatic heterocycles. The molecule has 0 radical (unpaired) electrons. The smallest absolute Gasteiger partial charge is 0.331 e.